The summed E-state index contributed by atoms with van der Waals surface area (Å²) in [7, 11) is 0. The normalized spacial score (nSPS) is 15.4. The average molecular weight is 427 g/mol. The van der Waals surface area contributed by atoms with Crippen LogP contribution in [0.15, 0.2) is 42.7 Å². The number of anilines is 3. The minimum Gasteiger partial charge on any atom is -0.369 e. The second-order valence-electron chi connectivity index (χ2n) is 8.91. The van der Waals surface area contributed by atoms with Gasteiger partial charge in [0.1, 0.15) is 18.0 Å². The zero-order chi connectivity index (χ0) is 22.2. The van der Waals surface area contributed by atoms with Crippen LogP contribution in [-0.4, -0.2) is 51.4 Å². The van der Waals surface area contributed by atoms with Gasteiger partial charge in [-0.15, -0.1) is 5.10 Å². The Morgan fingerprint density at radius 3 is 2.23 bits per heavy atom. The van der Waals surface area contributed by atoms with E-state index in [4.69, 9.17) is 0 Å². The van der Waals surface area contributed by atoms with Gasteiger partial charge >= 0.3 is 0 Å². The predicted octanol–water partition coefficient (Wildman–Crippen LogP) is 4.52. The van der Waals surface area contributed by atoms with E-state index in [-0.39, 0.29) is 11.2 Å². The van der Waals surface area contributed by atoms with Crippen molar-refractivity contribution in [3.63, 3.8) is 0 Å². The van der Waals surface area contributed by atoms with E-state index in [9.17, 15) is 8.78 Å². The van der Waals surface area contributed by atoms with Crippen LogP contribution < -0.4 is 10.2 Å². The van der Waals surface area contributed by atoms with Crippen LogP contribution in [0.5, 0.6) is 0 Å². The van der Waals surface area contributed by atoms with Gasteiger partial charge in [0.15, 0.2) is 0 Å². The van der Waals surface area contributed by atoms with Gasteiger partial charge in [0, 0.05) is 49.2 Å². The summed E-state index contributed by atoms with van der Waals surface area (Å²) in [5, 5.41) is 7.56. The molecule has 8 heteroatoms. The monoisotopic (exact) mass is 426 g/mol. The minimum absolute atomic E-state index is 0.182. The first-order valence-electron chi connectivity index (χ1n) is 10.4. The standard InChI is InChI=1S/C23H28F2N6/c1-16-5-6-19(29-7-9-30(10-8-29)23(2,3)4)14-21(16)27-22-26-15-31(28-22)20-12-17(24)11-18(25)13-20/h5-6,11-15H,7-10H2,1-4H3,(H,27,28). The second-order valence-corrected chi connectivity index (χ2v) is 8.91. The Morgan fingerprint density at radius 1 is 0.903 bits per heavy atom. The molecule has 1 N–H and O–H groups in total. The SMILES string of the molecule is Cc1ccc(N2CCN(C(C)(C)C)CC2)cc1Nc1ncn(-c2cc(F)cc(F)c2)n1. The Bertz CT molecular complexity index is 1040. The third-order valence-corrected chi connectivity index (χ3v) is 5.66. The van der Waals surface area contributed by atoms with Crippen molar-refractivity contribution in [3.8, 4) is 5.69 Å². The lowest BCUT2D eigenvalue weighted by Gasteiger charge is -2.43. The van der Waals surface area contributed by atoms with E-state index in [2.05, 4.69) is 64.2 Å². The maximum atomic E-state index is 13.5. The van der Waals surface area contributed by atoms with Crippen molar-refractivity contribution >= 4 is 17.3 Å². The molecule has 2 heterocycles. The number of aryl methyl sites for hydroxylation is 1. The molecule has 0 bridgehead atoms. The van der Waals surface area contributed by atoms with Crippen LogP contribution in [0, 0.1) is 18.6 Å². The van der Waals surface area contributed by atoms with Gasteiger partial charge in [-0.1, -0.05) is 6.07 Å². The first-order valence-corrected chi connectivity index (χ1v) is 10.4. The van der Waals surface area contributed by atoms with Gasteiger partial charge < -0.3 is 10.2 Å². The van der Waals surface area contributed by atoms with Gasteiger partial charge in [0.25, 0.3) is 0 Å². The molecule has 1 aromatic heterocycles. The number of halogens is 2. The molecule has 0 radical (unpaired) electrons. The molecular weight excluding hydrogens is 398 g/mol. The largest absolute Gasteiger partial charge is 0.369 e. The molecule has 1 saturated heterocycles. The number of rotatable bonds is 4. The molecule has 31 heavy (non-hydrogen) atoms. The zero-order valence-electron chi connectivity index (χ0n) is 18.4. The summed E-state index contributed by atoms with van der Waals surface area (Å²) < 4.78 is 28.4. The zero-order valence-corrected chi connectivity index (χ0v) is 18.4. The van der Waals surface area contributed by atoms with Crippen molar-refractivity contribution in [1.29, 1.82) is 0 Å². The number of hydrogen-bond acceptors (Lipinski definition) is 5. The van der Waals surface area contributed by atoms with E-state index in [0.717, 1.165) is 49.2 Å². The van der Waals surface area contributed by atoms with Crippen LogP contribution in [0.2, 0.25) is 0 Å². The van der Waals surface area contributed by atoms with Gasteiger partial charge in [-0.25, -0.2) is 13.5 Å². The molecule has 2 aromatic carbocycles. The van der Waals surface area contributed by atoms with Crippen molar-refractivity contribution in [2.45, 2.75) is 33.2 Å². The maximum absolute atomic E-state index is 13.5. The molecule has 0 saturated carbocycles. The van der Waals surface area contributed by atoms with E-state index in [0.29, 0.717) is 5.95 Å². The molecule has 4 rings (SSSR count). The summed E-state index contributed by atoms with van der Waals surface area (Å²) in [6.45, 7) is 12.8. The van der Waals surface area contributed by atoms with Gasteiger partial charge in [-0.05, 0) is 57.5 Å². The van der Waals surface area contributed by atoms with E-state index in [1.807, 2.05) is 6.92 Å². The molecule has 6 nitrogen and oxygen atoms in total. The highest BCUT2D eigenvalue weighted by Gasteiger charge is 2.26. The lowest BCUT2D eigenvalue weighted by molar-refractivity contribution is 0.128. The lowest BCUT2D eigenvalue weighted by atomic mass is 10.0. The third kappa shape index (κ3) is 4.85. The fourth-order valence-electron chi connectivity index (χ4n) is 3.81. The van der Waals surface area contributed by atoms with Gasteiger partial charge in [0.05, 0.1) is 5.69 Å². The first kappa shape index (κ1) is 21.2. The summed E-state index contributed by atoms with van der Waals surface area (Å²) in [4.78, 5) is 9.13. The Morgan fingerprint density at radius 2 is 1.58 bits per heavy atom. The van der Waals surface area contributed by atoms with Gasteiger partial charge in [-0.2, -0.15) is 4.98 Å². The topological polar surface area (TPSA) is 49.2 Å². The molecule has 0 atom stereocenters. The Balaban J connectivity index is 1.49. The van der Waals surface area contributed by atoms with E-state index in [1.165, 1.54) is 23.1 Å². The molecule has 1 aliphatic rings. The van der Waals surface area contributed by atoms with Crippen molar-refractivity contribution in [2.75, 3.05) is 36.4 Å². The lowest BCUT2D eigenvalue weighted by Crippen LogP contribution is -2.53. The van der Waals surface area contributed by atoms with E-state index >= 15 is 0 Å². The smallest absolute Gasteiger partial charge is 0.246 e. The molecule has 1 aliphatic heterocycles. The van der Waals surface area contributed by atoms with Crippen LogP contribution in [0.1, 0.15) is 26.3 Å². The number of piperazine rings is 1. The van der Waals surface area contributed by atoms with Crippen molar-refractivity contribution in [1.82, 2.24) is 19.7 Å². The third-order valence-electron chi connectivity index (χ3n) is 5.66. The molecule has 0 spiro atoms. The number of hydrogen-bond donors (Lipinski definition) is 1. The van der Waals surface area contributed by atoms with E-state index in [1.54, 1.807) is 0 Å². The fraction of sp³-hybridized carbons (Fsp3) is 0.391. The molecular formula is C23H28F2N6. The average Bonchev–Trinajstić information content (AvgIpc) is 3.17. The van der Waals surface area contributed by atoms with Crippen LogP contribution in [0.25, 0.3) is 5.69 Å². The van der Waals surface area contributed by atoms with Crippen molar-refractivity contribution < 1.29 is 8.78 Å². The number of aromatic nitrogens is 3. The second kappa shape index (κ2) is 8.26. The number of benzene rings is 2. The van der Waals surface area contributed by atoms with Gasteiger partial charge in [0.2, 0.25) is 5.95 Å². The summed E-state index contributed by atoms with van der Waals surface area (Å²) in [5.74, 6) is -0.951. The molecule has 0 aliphatic carbocycles. The molecule has 0 amide bonds. The molecule has 1 fully saturated rings. The molecule has 0 unspecified atom stereocenters. The van der Waals surface area contributed by atoms with E-state index < -0.39 is 11.6 Å². The highest BCUT2D eigenvalue weighted by atomic mass is 19.1. The quantitative estimate of drug-likeness (QED) is 0.665. The highest BCUT2D eigenvalue weighted by Crippen LogP contribution is 2.27. The Kier molecular flexibility index (Phi) is 5.66. The predicted molar refractivity (Wildman–Crippen MR) is 119 cm³/mol. The first-order chi connectivity index (χ1) is 14.7. The summed E-state index contributed by atoms with van der Waals surface area (Å²) in [6, 6.07) is 9.57. The Hall–Kier alpha value is -3.00. The van der Waals surface area contributed by atoms with Crippen molar-refractivity contribution in [2.24, 2.45) is 0 Å². The molecule has 164 valence electrons. The van der Waals surface area contributed by atoms with Crippen LogP contribution in [0.4, 0.5) is 26.1 Å². The van der Waals surface area contributed by atoms with Gasteiger partial charge in [-0.3, -0.25) is 4.90 Å². The fourth-order valence-corrected chi connectivity index (χ4v) is 3.81. The minimum atomic E-state index is -0.657. The van der Waals surface area contributed by atoms with Crippen LogP contribution >= 0.6 is 0 Å². The maximum Gasteiger partial charge on any atom is 0.246 e. The highest BCUT2D eigenvalue weighted by molar-refractivity contribution is 5.66. The van der Waals surface area contributed by atoms with Crippen molar-refractivity contribution in [3.05, 3.63) is 59.9 Å². The summed E-state index contributed by atoms with van der Waals surface area (Å²) >= 11 is 0. The number of nitrogens with zero attached hydrogens (tertiary/aromatic N) is 5. The van der Waals surface area contributed by atoms with Crippen LogP contribution in [0.3, 0.4) is 0 Å². The number of nitrogens with one attached hydrogen (secondary N) is 1. The summed E-state index contributed by atoms with van der Waals surface area (Å²) in [5.41, 5.74) is 3.57. The Labute approximate surface area is 181 Å². The van der Waals surface area contributed by atoms with Crippen LogP contribution in [-0.2, 0) is 0 Å². The summed E-state index contributed by atoms with van der Waals surface area (Å²) in [6.07, 6.45) is 1.43. The molecule has 3 aromatic rings.